The zero-order valence-corrected chi connectivity index (χ0v) is 9.99. The van der Waals surface area contributed by atoms with E-state index >= 15 is 0 Å². The lowest BCUT2D eigenvalue weighted by atomic mass is 10.0. The number of hydrogen-bond donors (Lipinski definition) is 1. The Labute approximate surface area is 96.8 Å². The fourth-order valence-corrected chi connectivity index (χ4v) is 2.24. The highest BCUT2D eigenvalue weighted by molar-refractivity contribution is 9.10. The summed E-state index contributed by atoms with van der Waals surface area (Å²) in [6.45, 7) is 3.15. The lowest BCUT2D eigenvalue weighted by molar-refractivity contribution is 0.0697. The highest BCUT2D eigenvalue weighted by Gasteiger charge is 2.24. The Morgan fingerprint density at radius 1 is 1.53 bits per heavy atom. The number of nitrogens with zero attached hydrogens (tertiary/aromatic N) is 1. The summed E-state index contributed by atoms with van der Waals surface area (Å²) < 4.78 is 0.816. The molecule has 1 aromatic rings. The van der Waals surface area contributed by atoms with Crippen molar-refractivity contribution in [2.24, 2.45) is 0 Å². The van der Waals surface area contributed by atoms with E-state index < -0.39 is 5.97 Å². The molecular weight excluding hydrogens is 258 g/mol. The third-order valence-corrected chi connectivity index (χ3v) is 3.24. The number of rotatable bonds is 2. The molecule has 1 aliphatic heterocycles. The van der Waals surface area contributed by atoms with Gasteiger partial charge in [0.25, 0.3) is 0 Å². The highest BCUT2D eigenvalue weighted by Crippen LogP contribution is 2.29. The van der Waals surface area contributed by atoms with Crippen LogP contribution in [0.1, 0.15) is 23.7 Å². The molecule has 2 rings (SSSR count). The quantitative estimate of drug-likeness (QED) is 0.898. The Bertz CT molecular complexity index is 406. The molecule has 1 N–H and O–H groups in total. The molecule has 0 aliphatic carbocycles. The van der Waals surface area contributed by atoms with Crippen molar-refractivity contribution < 1.29 is 9.90 Å². The molecule has 0 spiro atoms. The molecule has 1 aromatic carbocycles. The number of carbonyl (C=O) groups is 1. The van der Waals surface area contributed by atoms with Crippen LogP contribution in [0.4, 0.5) is 5.69 Å². The van der Waals surface area contributed by atoms with Gasteiger partial charge in [0.15, 0.2) is 0 Å². The van der Waals surface area contributed by atoms with Crippen molar-refractivity contribution in [2.45, 2.75) is 19.4 Å². The van der Waals surface area contributed by atoms with Gasteiger partial charge in [-0.05, 0) is 31.5 Å². The van der Waals surface area contributed by atoms with Gasteiger partial charge in [-0.2, -0.15) is 0 Å². The van der Waals surface area contributed by atoms with Crippen molar-refractivity contribution in [3.8, 4) is 0 Å². The number of benzene rings is 1. The van der Waals surface area contributed by atoms with E-state index in [1.807, 2.05) is 6.07 Å². The van der Waals surface area contributed by atoms with E-state index in [9.17, 15) is 4.79 Å². The van der Waals surface area contributed by atoms with Gasteiger partial charge in [0.05, 0.1) is 5.56 Å². The summed E-state index contributed by atoms with van der Waals surface area (Å²) in [5.41, 5.74) is 1.32. The van der Waals surface area contributed by atoms with Crippen LogP contribution in [0.15, 0.2) is 22.7 Å². The van der Waals surface area contributed by atoms with Crippen molar-refractivity contribution in [2.75, 3.05) is 11.4 Å². The molecule has 15 heavy (non-hydrogen) atoms. The Hall–Kier alpha value is -1.03. The standard InChI is InChI=1S/C11H12BrNO2/c1-7-2-3-13(7)10-5-8(11(14)15)4-9(12)6-10/h4-7H,2-3H2,1H3,(H,14,15). The van der Waals surface area contributed by atoms with Gasteiger partial charge in [-0.15, -0.1) is 0 Å². The van der Waals surface area contributed by atoms with Gasteiger partial charge < -0.3 is 10.0 Å². The maximum Gasteiger partial charge on any atom is 0.335 e. The van der Waals surface area contributed by atoms with Crippen molar-refractivity contribution in [1.29, 1.82) is 0 Å². The smallest absolute Gasteiger partial charge is 0.335 e. The van der Waals surface area contributed by atoms with E-state index in [1.54, 1.807) is 12.1 Å². The third kappa shape index (κ3) is 2.00. The molecule has 0 aromatic heterocycles. The average Bonchev–Trinajstić information content (AvgIpc) is 2.14. The zero-order valence-electron chi connectivity index (χ0n) is 8.40. The first-order valence-electron chi connectivity index (χ1n) is 4.88. The van der Waals surface area contributed by atoms with Crippen LogP contribution in [0.3, 0.4) is 0 Å². The fraction of sp³-hybridized carbons (Fsp3) is 0.364. The summed E-state index contributed by atoms with van der Waals surface area (Å²) in [6, 6.07) is 5.82. The van der Waals surface area contributed by atoms with Crippen LogP contribution < -0.4 is 4.90 Å². The summed E-state index contributed by atoms with van der Waals surface area (Å²) in [5, 5.41) is 8.93. The summed E-state index contributed by atoms with van der Waals surface area (Å²) in [5.74, 6) is -0.884. The number of halogens is 1. The van der Waals surface area contributed by atoms with Crippen LogP contribution in [0.5, 0.6) is 0 Å². The average molecular weight is 270 g/mol. The largest absolute Gasteiger partial charge is 0.478 e. The topological polar surface area (TPSA) is 40.5 Å². The first-order valence-corrected chi connectivity index (χ1v) is 5.68. The van der Waals surface area contributed by atoms with Crippen molar-refractivity contribution in [3.05, 3.63) is 28.2 Å². The zero-order chi connectivity index (χ0) is 11.0. The lowest BCUT2D eigenvalue weighted by Gasteiger charge is -2.41. The monoisotopic (exact) mass is 269 g/mol. The number of aromatic carboxylic acids is 1. The second kappa shape index (κ2) is 3.85. The van der Waals surface area contributed by atoms with Crippen molar-refractivity contribution in [1.82, 2.24) is 0 Å². The third-order valence-electron chi connectivity index (χ3n) is 2.78. The molecule has 1 fully saturated rings. The second-order valence-corrected chi connectivity index (χ2v) is 4.75. The maximum absolute atomic E-state index is 10.9. The minimum Gasteiger partial charge on any atom is -0.478 e. The first kappa shape index (κ1) is 10.5. The molecule has 0 bridgehead atoms. The van der Waals surface area contributed by atoms with Gasteiger partial charge in [0, 0.05) is 22.7 Å². The van der Waals surface area contributed by atoms with Gasteiger partial charge in [-0.3, -0.25) is 0 Å². The van der Waals surface area contributed by atoms with E-state index in [4.69, 9.17) is 5.11 Å². The highest BCUT2D eigenvalue weighted by atomic mass is 79.9. The minimum absolute atomic E-state index is 0.332. The summed E-state index contributed by atoms with van der Waals surface area (Å²) in [7, 11) is 0. The van der Waals surface area contributed by atoms with E-state index in [-0.39, 0.29) is 0 Å². The second-order valence-electron chi connectivity index (χ2n) is 3.83. The molecule has 4 heteroatoms. The van der Waals surface area contributed by atoms with Crippen LogP contribution >= 0.6 is 15.9 Å². The van der Waals surface area contributed by atoms with E-state index in [2.05, 4.69) is 27.8 Å². The molecular formula is C11H12BrNO2. The Balaban J connectivity index is 2.35. The molecule has 3 nitrogen and oxygen atoms in total. The number of carboxylic acid groups (broad SMARTS) is 1. The summed E-state index contributed by atoms with van der Waals surface area (Å²) in [6.07, 6.45) is 1.18. The Morgan fingerprint density at radius 3 is 2.73 bits per heavy atom. The van der Waals surface area contributed by atoms with Crippen LogP contribution in [-0.2, 0) is 0 Å². The predicted octanol–water partition coefficient (Wildman–Crippen LogP) is 2.75. The molecule has 1 heterocycles. The van der Waals surface area contributed by atoms with Gasteiger partial charge in [0.1, 0.15) is 0 Å². The maximum atomic E-state index is 10.9. The molecule has 1 saturated heterocycles. The predicted molar refractivity (Wildman–Crippen MR) is 62.5 cm³/mol. The molecule has 1 atom stereocenters. The molecule has 1 aliphatic rings. The van der Waals surface area contributed by atoms with E-state index in [0.717, 1.165) is 16.7 Å². The van der Waals surface area contributed by atoms with Crippen molar-refractivity contribution in [3.63, 3.8) is 0 Å². The Morgan fingerprint density at radius 2 is 2.27 bits per heavy atom. The SMILES string of the molecule is CC1CCN1c1cc(Br)cc(C(=O)O)c1. The number of anilines is 1. The molecule has 80 valence electrons. The van der Waals surface area contributed by atoms with Gasteiger partial charge >= 0.3 is 5.97 Å². The van der Waals surface area contributed by atoms with Crippen LogP contribution in [-0.4, -0.2) is 23.7 Å². The van der Waals surface area contributed by atoms with Gasteiger partial charge in [-0.25, -0.2) is 4.79 Å². The van der Waals surface area contributed by atoms with Crippen LogP contribution in [0.25, 0.3) is 0 Å². The fourth-order valence-electron chi connectivity index (χ4n) is 1.76. The van der Waals surface area contributed by atoms with Gasteiger partial charge in [0.2, 0.25) is 0 Å². The first-order chi connectivity index (χ1) is 7.08. The number of carboxylic acids is 1. The normalized spacial score (nSPS) is 19.9. The molecule has 1 unspecified atom stereocenters. The van der Waals surface area contributed by atoms with Crippen molar-refractivity contribution >= 4 is 27.6 Å². The van der Waals surface area contributed by atoms with E-state index in [0.29, 0.717) is 11.6 Å². The van der Waals surface area contributed by atoms with Gasteiger partial charge in [-0.1, -0.05) is 15.9 Å². The summed E-state index contributed by atoms with van der Waals surface area (Å²) in [4.78, 5) is 13.1. The minimum atomic E-state index is -0.884. The van der Waals surface area contributed by atoms with Crippen LogP contribution in [0, 0.1) is 0 Å². The van der Waals surface area contributed by atoms with Crippen LogP contribution in [0.2, 0.25) is 0 Å². The summed E-state index contributed by atoms with van der Waals surface area (Å²) >= 11 is 3.33. The molecule has 0 amide bonds. The number of hydrogen-bond acceptors (Lipinski definition) is 2. The Kier molecular flexibility index (Phi) is 2.69. The molecule has 0 radical (unpaired) electrons. The van der Waals surface area contributed by atoms with E-state index in [1.165, 1.54) is 6.42 Å². The lowest BCUT2D eigenvalue weighted by Crippen LogP contribution is -2.45. The molecule has 0 saturated carbocycles.